The molecule has 4 aromatic heterocycles. The van der Waals surface area contributed by atoms with Gasteiger partial charge in [0.2, 0.25) is 0 Å². The number of benzene rings is 6. The molecule has 0 spiro atoms. The van der Waals surface area contributed by atoms with Crippen molar-refractivity contribution in [3.63, 3.8) is 0 Å². The summed E-state index contributed by atoms with van der Waals surface area (Å²) < 4.78 is 22.2. The lowest BCUT2D eigenvalue weighted by Gasteiger charge is -2.15. The average molecular weight is 615 g/mol. The fraction of sp³-hybridized carbons (Fsp3) is 0. The molecular formula is C44H28N4. The lowest BCUT2D eigenvalue weighted by atomic mass is 9.99. The third kappa shape index (κ3) is 3.90. The number of hydrogen-bond acceptors (Lipinski definition) is 2. The average Bonchev–Trinajstić information content (AvgIpc) is 3.68. The topological polar surface area (TPSA) is 35.6 Å². The van der Waals surface area contributed by atoms with Crippen LogP contribution in [0.25, 0.3) is 88.3 Å². The van der Waals surface area contributed by atoms with Crippen molar-refractivity contribution in [3.05, 3.63) is 170 Å². The zero-order valence-corrected chi connectivity index (χ0v) is 25.8. The molecule has 224 valence electrons. The molecular weight excluding hydrogens is 585 g/mol. The summed E-state index contributed by atoms with van der Waals surface area (Å²) in [6.07, 6.45) is 3.65. The molecule has 0 aliphatic carbocycles. The van der Waals surface area contributed by atoms with Crippen molar-refractivity contribution in [2.24, 2.45) is 0 Å². The molecule has 0 aliphatic rings. The molecule has 0 saturated heterocycles. The SMILES string of the molecule is [2H]c1ccc2c(c1)c1c(c3ccccc3c3c4cc([2H])ccc4n(-c4ccccc4)c31)n2-c1cc(-c2ccccn2)cc(-c2ccccn2)c1. The minimum Gasteiger partial charge on any atom is -0.309 e. The van der Waals surface area contributed by atoms with Crippen LogP contribution >= 0.6 is 0 Å². The van der Waals surface area contributed by atoms with Crippen LogP contribution in [0.1, 0.15) is 2.74 Å². The highest BCUT2D eigenvalue weighted by molar-refractivity contribution is 6.36. The van der Waals surface area contributed by atoms with Crippen molar-refractivity contribution in [1.29, 1.82) is 0 Å². The Hall–Kier alpha value is -6.52. The van der Waals surface area contributed by atoms with Gasteiger partial charge in [0.15, 0.2) is 0 Å². The van der Waals surface area contributed by atoms with Gasteiger partial charge in [0.25, 0.3) is 0 Å². The van der Waals surface area contributed by atoms with Gasteiger partial charge < -0.3 is 9.13 Å². The first-order valence-electron chi connectivity index (χ1n) is 17.1. The third-order valence-electron chi connectivity index (χ3n) is 9.42. The Labute approximate surface area is 279 Å². The second-order valence-electron chi connectivity index (χ2n) is 12.1. The highest BCUT2D eigenvalue weighted by Crippen LogP contribution is 2.47. The summed E-state index contributed by atoms with van der Waals surface area (Å²) in [5, 5.41) is 6.41. The summed E-state index contributed by atoms with van der Waals surface area (Å²) >= 11 is 0. The van der Waals surface area contributed by atoms with E-state index in [1.54, 1.807) is 0 Å². The van der Waals surface area contributed by atoms with Crippen molar-refractivity contribution in [3.8, 4) is 33.9 Å². The van der Waals surface area contributed by atoms with Crippen molar-refractivity contribution in [2.75, 3.05) is 0 Å². The molecule has 0 radical (unpaired) electrons. The van der Waals surface area contributed by atoms with Crippen LogP contribution in [0.5, 0.6) is 0 Å². The predicted molar refractivity (Wildman–Crippen MR) is 199 cm³/mol. The zero-order chi connectivity index (χ0) is 33.3. The molecule has 6 aromatic carbocycles. The Morgan fingerprint density at radius 3 is 1.60 bits per heavy atom. The fourth-order valence-electron chi connectivity index (χ4n) is 7.48. The summed E-state index contributed by atoms with van der Waals surface area (Å²) in [5.74, 6) is 0. The smallest absolute Gasteiger partial charge is 0.0702 e. The predicted octanol–water partition coefficient (Wildman–Crippen LogP) is 11.2. The van der Waals surface area contributed by atoms with Crippen molar-refractivity contribution >= 4 is 54.4 Å². The van der Waals surface area contributed by atoms with Crippen LogP contribution in [-0.2, 0) is 0 Å². The number of hydrogen-bond donors (Lipinski definition) is 0. The number of aromatic nitrogens is 4. The van der Waals surface area contributed by atoms with Gasteiger partial charge in [0, 0.05) is 61.8 Å². The van der Waals surface area contributed by atoms with Crippen molar-refractivity contribution in [1.82, 2.24) is 19.1 Å². The normalized spacial score (nSPS) is 12.3. The van der Waals surface area contributed by atoms with Crippen LogP contribution in [0.4, 0.5) is 0 Å². The first kappa shape index (κ1) is 24.7. The van der Waals surface area contributed by atoms with Crippen LogP contribution in [0, 0.1) is 0 Å². The second-order valence-corrected chi connectivity index (χ2v) is 12.1. The standard InChI is InChI=1S/C44H28N4/c1-2-14-31(15-3-1)47-39-22-8-6-18-35(39)41-33-16-4-5-17-34(33)43-42(44(41)47)36-19-7-9-23-40(36)48(43)32-27-29(37-20-10-12-24-45-37)26-30(28-32)38-21-11-13-25-46-38/h1-28H/i6D,7D. The van der Waals surface area contributed by atoms with Crippen molar-refractivity contribution in [2.45, 2.75) is 0 Å². The van der Waals surface area contributed by atoms with E-state index in [4.69, 9.17) is 12.7 Å². The summed E-state index contributed by atoms with van der Waals surface area (Å²) in [7, 11) is 0. The Kier molecular flexibility index (Phi) is 5.40. The number of rotatable bonds is 4. The van der Waals surface area contributed by atoms with Crippen molar-refractivity contribution < 1.29 is 2.74 Å². The summed E-state index contributed by atoms with van der Waals surface area (Å²) in [6, 6.07) is 50.4. The number of nitrogens with zero attached hydrogens (tertiary/aromatic N) is 4. The lowest BCUT2D eigenvalue weighted by molar-refractivity contribution is 1.18. The number of fused-ring (bicyclic) bond motifs is 10. The quantitative estimate of drug-likeness (QED) is 0.198. The molecule has 4 nitrogen and oxygen atoms in total. The van der Waals surface area contributed by atoms with Gasteiger partial charge in [0.05, 0.1) is 36.2 Å². The minimum absolute atomic E-state index is 0.449. The molecule has 0 aliphatic heterocycles. The van der Waals surface area contributed by atoms with Crippen LogP contribution in [0.15, 0.2) is 170 Å². The van der Waals surface area contributed by atoms with E-state index in [-0.39, 0.29) is 0 Å². The monoisotopic (exact) mass is 614 g/mol. The molecule has 4 heteroatoms. The maximum Gasteiger partial charge on any atom is 0.0702 e. The lowest BCUT2D eigenvalue weighted by Crippen LogP contribution is -1.98. The molecule has 0 saturated carbocycles. The molecule has 0 atom stereocenters. The van der Waals surface area contributed by atoms with Crippen LogP contribution in [0.3, 0.4) is 0 Å². The Morgan fingerprint density at radius 2 is 0.979 bits per heavy atom. The summed E-state index contributed by atoms with van der Waals surface area (Å²) in [4.78, 5) is 9.47. The largest absolute Gasteiger partial charge is 0.309 e. The van der Waals surface area contributed by atoms with E-state index in [9.17, 15) is 0 Å². The van der Waals surface area contributed by atoms with Gasteiger partial charge in [-0.25, -0.2) is 0 Å². The molecule has 48 heavy (non-hydrogen) atoms. The second kappa shape index (κ2) is 10.5. The van der Waals surface area contributed by atoms with Gasteiger partial charge in [0.1, 0.15) is 0 Å². The molecule has 0 N–H and O–H groups in total. The van der Waals surface area contributed by atoms with Crippen LogP contribution < -0.4 is 0 Å². The van der Waals surface area contributed by atoms with E-state index in [0.29, 0.717) is 12.1 Å². The minimum atomic E-state index is 0.449. The van der Waals surface area contributed by atoms with Crippen LogP contribution in [0.2, 0.25) is 0 Å². The molecule has 0 amide bonds. The third-order valence-corrected chi connectivity index (χ3v) is 9.42. The zero-order valence-electron chi connectivity index (χ0n) is 27.8. The van der Waals surface area contributed by atoms with Crippen LogP contribution in [-0.4, -0.2) is 19.1 Å². The highest BCUT2D eigenvalue weighted by Gasteiger charge is 2.24. The van der Waals surface area contributed by atoms with Gasteiger partial charge in [-0.05, 0) is 72.1 Å². The van der Waals surface area contributed by atoms with E-state index in [1.807, 2.05) is 79.1 Å². The van der Waals surface area contributed by atoms with Gasteiger partial charge in [-0.2, -0.15) is 0 Å². The first-order valence-corrected chi connectivity index (χ1v) is 16.1. The van der Waals surface area contributed by atoms with E-state index in [1.165, 1.54) is 0 Å². The Bertz CT molecular complexity index is 2870. The summed E-state index contributed by atoms with van der Waals surface area (Å²) in [5.41, 5.74) is 9.92. The highest BCUT2D eigenvalue weighted by atomic mass is 15.0. The molecule has 0 unspecified atom stereocenters. The number of para-hydroxylation sites is 3. The summed E-state index contributed by atoms with van der Waals surface area (Å²) in [6.45, 7) is 0. The van der Waals surface area contributed by atoms with Gasteiger partial charge in [-0.15, -0.1) is 0 Å². The maximum absolute atomic E-state index is 8.83. The Balaban J connectivity index is 1.46. The fourth-order valence-corrected chi connectivity index (χ4v) is 7.48. The molecule has 10 aromatic rings. The first-order chi connectivity index (χ1) is 24.6. The van der Waals surface area contributed by atoms with Gasteiger partial charge >= 0.3 is 0 Å². The molecule has 0 fully saturated rings. The Morgan fingerprint density at radius 1 is 0.417 bits per heavy atom. The van der Waals surface area contributed by atoms with E-state index < -0.39 is 0 Å². The number of pyridine rings is 2. The maximum atomic E-state index is 8.83. The molecule has 4 heterocycles. The molecule has 0 bridgehead atoms. The van der Waals surface area contributed by atoms with Gasteiger partial charge in [-0.1, -0.05) is 90.9 Å². The van der Waals surface area contributed by atoms with E-state index in [2.05, 4.69) is 88.0 Å². The van der Waals surface area contributed by atoms with E-state index in [0.717, 1.165) is 88.3 Å². The molecule has 10 rings (SSSR count). The van der Waals surface area contributed by atoms with Gasteiger partial charge in [-0.3, -0.25) is 9.97 Å². The van der Waals surface area contributed by atoms with E-state index >= 15 is 0 Å².